The second-order valence-corrected chi connectivity index (χ2v) is 5.71. The van der Waals surface area contributed by atoms with Crippen molar-refractivity contribution in [1.82, 2.24) is 8.94 Å². The van der Waals surface area contributed by atoms with E-state index in [1.54, 1.807) is 0 Å². The van der Waals surface area contributed by atoms with Crippen molar-refractivity contribution in [3.63, 3.8) is 0 Å². The van der Waals surface area contributed by atoms with Crippen LogP contribution in [0.25, 0.3) is 17.1 Å². The maximum absolute atomic E-state index is 5.41. The molecule has 4 heteroatoms. The minimum Gasteiger partial charge on any atom is -0.274 e. The van der Waals surface area contributed by atoms with Gasteiger partial charge in [0.15, 0.2) is 9.78 Å². The lowest BCUT2D eigenvalue weighted by Gasteiger charge is -2.07. The highest BCUT2D eigenvalue weighted by atomic mass is 32.2. The topological polar surface area (TPSA) is 17.8 Å². The number of aromatic nitrogens is 2. The van der Waals surface area contributed by atoms with E-state index >= 15 is 0 Å². The Labute approximate surface area is 121 Å². The van der Waals surface area contributed by atoms with Gasteiger partial charge in [0, 0.05) is 11.3 Å². The van der Waals surface area contributed by atoms with Gasteiger partial charge in [0.2, 0.25) is 0 Å². The van der Waals surface area contributed by atoms with Gasteiger partial charge in [-0.15, -0.1) is 0 Å². The van der Waals surface area contributed by atoms with Crippen LogP contribution in [0.4, 0.5) is 0 Å². The van der Waals surface area contributed by atoms with Gasteiger partial charge in [-0.3, -0.25) is 4.57 Å². The number of hydrogen-bond donors (Lipinski definition) is 0. The third-order valence-corrected chi connectivity index (χ3v) is 3.94. The first-order chi connectivity index (χ1) is 9.25. The highest BCUT2D eigenvalue weighted by Gasteiger charge is 2.10. The highest BCUT2D eigenvalue weighted by Crippen LogP contribution is 2.24. The molecular formula is C15H12N2S2. The predicted molar refractivity (Wildman–Crippen MR) is 82.4 cm³/mol. The Morgan fingerprint density at radius 2 is 1.68 bits per heavy atom. The molecule has 0 amide bonds. The van der Waals surface area contributed by atoms with Gasteiger partial charge in [-0.1, -0.05) is 48.0 Å². The molecule has 0 spiro atoms. The fourth-order valence-electron chi connectivity index (χ4n) is 1.94. The molecule has 0 aliphatic carbocycles. The van der Waals surface area contributed by atoms with Gasteiger partial charge in [-0.05, 0) is 42.8 Å². The number of hydrogen-bond acceptors (Lipinski definition) is 3. The second kappa shape index (κ2) is 5.07. The second-order valence-electron chi connectivity index (χ2n) is 4.31. The van der Waals surface area contributed by atoms with Crippen molar-refractivity contribution >= 4 is 23.8 Å². The van der Waals surface area contributed by atoms with Crippen LogP contribution in [0.2, 0.25) is 0 Å². The van der Waals surface area contributed by atoms with Crippen LogP contribution in [0.15, 0.2) is 54.6 Å². The fraction of sp³-hybridized carbons (Fsp3) is 0.0667. The Morgan fingerprint density at radius 3 is 2.37 bits per heavy atom. The van der Waals surface area contributed by atoms with E-state index in [0.717, 1.165) is 21.0 Å². The zero-order chi connectivity index (χ0) is 13.2. The molecule has 0 bridgehead atoms. The molecule has 3 rings (SSSR count). The SMILES string of the molecule is Cc1ccc(-n2c(-c3ccccc3)nsc2=S)cc1. The van der Waals surface area contributed by atoms with E-state index in [-0.39, 0.29) is 0 Å². The molecular weight excluding hydrogens is 272 g/mol. The van der Waals surface area contributed by atoms with Crippen LogP contribution in [-0.4, -0.2) is 8.94 Å². The zero-order valence-electron chi connectivity index (χ0n) is 10.4. The molecule has 0 aliphatic rings. The molecule has 94 valence electrons. The number of nitrogens with zero attached hydrogens (tertiary/aromatic N) is 2. The molecule has 19 heavy (non-hydrogen) atoms. The van der Waals surface area contributed by atoms with E-state index in [1.165, 1.54) is 17.1 Å². The van der Waals surface area contributed by atoms with E-state index in [0.29, 0.717) is 0 Å². The first-order valence-electron chi connectivity index (χ1n) is 5.97. The molecule has 0 N–H and O–H groups in total. The van der Waals surface area contributed by atoms with Crippen LogP contribution in [-0.2, 0) is 0 Å². The van der Waals surface area contributed by atoms with Crippen LogP contribution in [0.3, 0.4) is 0 Å². The summed E-state index contributed by atoms with van der Waals surface area (Å²) in [5.41, 5.74) is 3.37. The quantitative estimate of drug-likeness (QED) is 0.638. The summed E-state index contributed by atoms with van der Waals surface area (Å²) in [5, 5.41) is 0. The minimum absolute atomic E-state index is 0.766. The van der Waals surface area contributed by atoms with Crippen LogP contribution in [0.1, 0.15) is 5.56 Å². The number of rotatable bonds is 2. The fourth-order valence-corrected chi connectivity index (χ4v) is 2.87. The Bertz CT molecular complexity index is 740. The first kappa shape index (κ1) is 12.3. The molecule has 0 saturated carbocycles. The predicted octanol–water partition coefficient (Wildman–Crippen LogP) is 4.64. The minimum atomic E-state index is 0.766. The normalized spacial score (nSPS) is 10.6. The molecule has 0 unspecified atom stereocenters. The van der Waals surface area contributed by atoms with Crippen molar-refractivity contribution in [2.75, 3.05) is 0 Å². The molecule has 0 fully saturated rings. The molecule has 0 saturated heterocycles. The maximum atomic E-state index is 5.41. The Morgan fingerprint density at radius 1 is 1.00 bits per heavy atom. The highest BCUT2D eigenvalue weighted by molar-refractivity contribution is 7.73. The summed E-state index contributed by atoms with van der Waals surface area (Å²) in [4.78, 5) is 0. The molecule has 0 aliphatic heterocycles. The van der Waals surface area contributed by atoms with Crippen LogP contribution < -0.4 is 0 Å². The van der Waals surface area contributed by atoms with Gasteiger partial charge in [0.25, 0.3) is 0 Å². The molecule has 1 heterocycles. The van der Waals surface area contributed by atoms with Crippen molar-refractivity contribution in [2.45, 2.75) is 6.92 Å². The van der Waals surface area contributed by atoms with E-state index in [1.807, 2.05) is 22.8 Å². The lowest BCUT2D eigenvalue weighted by Crippen LogP contribution is -1.97. The Kier molecular flexibility index (Phi) is 3.27. The summed E-state index contributed by atoms with van der Waals surface area (Å²) in [6.07, 6.45) is 0. The lowest BCUT2D eigenvalue weighted by atomic mass is 10.2. The molecule has 0 atom stereocenters. The van der Waals surface area contributed by atoms with Gasteiger partial charge in [0.05, 0.1) is 0 Å². The summed E-state index contributed by atoms with van der Waals surface area (Å²) in [6, 6.07) is 18.4. The third kappa shape index (κ3) is 2.37. The standard InChI is InChI=1S/C15H12N2S2/c1-11-7-9-13(10-8-11)17-14(16-19-15(17)18)12-5-3-2-4-6-12/h2-10H,1H3. The van der Waals surface area contributed by atoms with Gasteiger partial charge < -0.3 is 0 Å². The van der Waals surface area contributed by atoms with Crippen LogP contribution in [0.5, 0.6) is 0 Å². The van der Waals surface area contributed by atoms with E-state index in [9.17, 15) is 0 Å². The molecule has 2 aromatic carbocycles. The summed E-state index contributed by atoms with van der Waals surface area (Å²) < 4.78 is 7.27. The van der Waals surface area contributed by atoms with Crippen LogP contribution in [0, 0.1) is 10.9 Å². The summed E-state index contributed by atoms with van der Waals surface area (Å²) in [6.45, 7) is 2.08. The van der Waals surface area contributed by atoms with Crippen molar-refractivity contribution in [3.05, 3.63) is 64.1 Å². The van der Waals surface area contributed by atoms with E-state index in [4.69, 9.17) is 12.2 Å². The van der Waals surface area contributed by atoms with Gasteiger partial charge in [-0.2, -0.15) is 4.37 Å². The van der Waals surface area contributed by atoms with Crippen molar-refractivity contribution in [1.29, 1.82) is 0 Å². The number of benzene rings is 2. The van der Waals surface area contributed by atoms with Crippen molar-refractivity contribution in [3.8, 4) is 17.1 Å². The average molecular weight is 284 g/mol. The summed E-state index contributed by atoms with van der Waals surface area (Å²) in [7, 11) is 0. The summed E-state index contributed by atoms with van der Waals surface area (Å²) in [5.74, 6) is 0.902. The monoisotopic (exact) mass is 284 g/mol. The van der Waals surface area contributed by atoms with Crippen molar-refractivity contribution in [2.24, 2.45) is 0 Å². The molecule has 3 aromatic rings. The largest absolute Gasteiger partial charge is 0.274 e. The Balaban J connectivity index is 2.19. The van der Waals surface area contributed by atoms with E-state index in [2.05, 4.69) is 47.7 Å². The zero-order valence-corrected chi connectivity index (χ0v) is 12.0. The van der Waals surface area contributed by atoms with E-state index < -0.39 is 0 Å². The average Bonchev–Trinajstić information content (AvgIpc) is 2.83. The van der Waals surface area contributed by atoms with Crippen molar-refractivity contribution < 1.29 is 0 Å². The summed E-state index contributed by atoms with van der Waals surface area (Å²) >= 11 is 6.76. The third-order valence-electron chi connectivity index (χ3n) is 2.93. The van der Waals surface area contributed by atoms with Gasteiger partial charge in [0.1, 0.15) is 0 Å². The van der Waals surface area contributed by atoms with Gasteiger partial charge >= 0.3 is 0 Å². The maximum Gasteiger partial charge on any atom is 0.185 e. The number of aryl methyl sites for hydroxylation is 1. The smallest absolute Gasteiger partial charge is 0.185 e. The first-order valence-corrected chi connectivity index (χ1v) is 7.15. The van der Waals surface area contributed by atoms with Gasteiger partial charge in [-0.25, -0.2) is 0 Å². The molecule has 1 aromatic heterocycles. The lowest BCUT2D eigenvalue weighted by molar-refractivity contribution is 1.05. The van der Waals surface area contributed by atoms with Crippen LogP contribution >= 0.6 is 23.8 Å². The molecule has 0 radical (unpaired) electrons. The Hall–Kier alpha value is -1.78. The molecule has 2 nitrogen and oxygen atoms in total.